The lowest BCUT2D eigenvalue weighted by atomic mass is 9.64. The zero-order valence-electron chi connectivity index (χ0n) is 16.8. The van der Waals surface area contributed by atoms with Crippen molar-refractivity contribution in [3.05, 3.63) is 83.0 Å². The molecule has 25 heavy (non-hydrogen) atoms. The first kappa shape index (κ1) is 19.2. The molecule has 0 N–H and O–H groups in total. The molecule has 0 radical (unpaired) electrons. The van der Waals surface area contributed by atoms with Gasteiger partial charge in [-0.05, 0) is 57.4 Å². The molecule has 1 aromatic rings. The summed E-state index contributed by atoms with van der Waals surface area (Å²) in [5, 5.41) is 0. The van der Waals surface area contributed by atoms with Gasteiger partial charge >= 0.3 is 0 Å². The minimum atomic E-state index is -0.190. The number of fused-ring (bicyclic) bond motifs is 1. The average molecular weight is 334 g/mol. The molecule has 0 saturated carbocycles. The number of benzene rings is 1. The van der Waals surface area contributed by atoms with Gasteiger partial charge in [0.15, 0.2) is 0 Å². The molecule has 132 valence electrons. The highest BCUT2D eigenvalue weighted by molar-refractivity contribution is 6.16. The SMILES string of the molecule is C=C\C(=C/C(C)=C/C=C\C)C1=NC(C)(C)C(C)(C)c2c(C)cccc21. The van der Waals surface area contributed by atoms with Gasteiger partial charge in [-0.1, -0.05) is 68.5 Å². The molecule has 1 nitrogen and oxygen atoms in total. The fourth-order valence-electron chi connectivity index (χ4n) is 3.47. The number of rotatable bonds is 4. The van der Waals surface area contributed by atoms with Gasteiger partial charge in [-0.2, -0.15) is 0 Å². The van der Waals surface area contributed by atoms with E-state index in [2.05, 4.69) is 84.5 Å². The Hall–Kier alpha value is -2.15. The minimum absolute atomic E-state index is 0.0285. The predicted molar refractivity (Wildman–Crippen MR) is 112 cm³/mol. The van der Waals surface area contributed by atoms with Crippen LogP contribution in [0.4, 0.5) is 0 Å². The van der Waals surface area contributed by atoms with Crippen molar-refractivity contribution in [2.75, 3.05) is 0 Å². The van der Waals surface area contributed by atoms with Gasteiger partial charge < -0.3 is 0 Å². The van der Waals surface area contributed by atoms with Crippen LogP contribution in [-0.2, 0) is 5.41 Å². The van der Waals surface area contributed by atoms with Crippen molar-refractivity contribution in [1.82, 2.24) is 0 Å². The lowest BCUT2D eigenvalue weighted by Gasteiger charge is -2.45. The maximum atomic E-state index is 5.19. The van der Waals surface area contributed by atoms with Gasteiger partial charge in [0.2, 0.25) is 0 Å². The first-order chi connectivity index (χ1) is 11.7. The van der Waals surface area contributed by atoms with Gasteiger partial charge in [0.1, 0.15) is 0 Å². The molecule has 2 rings (SSSR count). The van der Waals surface area contributed by atoms with Gasteiger partial charge in [-0.15, -0.1) is 0 Å². The lowest BCUT2D eigenvalue weighted by molar-refractivity contribution is 0.302. The van der Waals surface area contributed by atoms with Crippen LogP contribution in [0.5, 0.6) is 0 Å². The summed E-state index contributed by atoms with van der Waals surface area (Å²) < 4.78 is 0. The molecule has 1 aliphatic rings. The maximum absolute atomic E-state index is 5.19. The fraction of sp³-hybridized carbons (Fsp3) is 0.375. The third-order valence-electron chi connectivity index (χ3n) is 5.50. The molecule has 0 amide bonds. The van der Waals surface area contributed by atoms with Gasteiger partial charge in [-0.25, -0.2) is 0 Å². The topological polar surface area (TPSA) is 12.4 Å². The summed E-state index contributed by atoms with van der Waals surface area (Å²) >= 11 is 0. The summed E-state index contributed by atoms with van der Waals surface area (Å²) in [5.74, 6) is 0. The average Bonchev–Trinajstić information content (AvgIpc) is 2.54. The normalized spacial score (nSPS) is 19.6. The molecule has 1 heterocycles. The smallest absolute Gasteiger partial charge is 0.0728 e. The van der Waals surface area contributed by atoms with Crippen molar-refractivity contribution in [1.29, 1.82) is 0 Å². The highest BCUT2D eigenvalue weighted by atomic mass is 14.9. The standard InChI is InChI=1S/C24H31N/c1-9-11-13-17(3)16-19(10-2)22-20-15-12-14-18(4)21(20)23(5,6)24(7,8)25-22/h9-16H,2H2,1,3-8H3/b11-9-,17-13+,19-16+. The first-order valence-electron chi connectivity index (χ1n) is 9.00. The number of aliphatic imine (C=N–C) groups is 1. The van der Waals surface area contributed by atoms with Gasteiger partial charge in [0.05, 0.1) is 11.3 Å². The number of aryl methyl sites for hydroxylation is 1. The van der Waals surface area contributed by atoms with Crippen LogP contribution >= 0.6 is 0 Å². The Bertz CT molecular complexity index is 795. The largest absolute Gasteiger partial charge is 0.277 e. The van der Waals surface area contributed by atoms with E-state index in [4.69, 9.17) is 4.99 Å². The lowest BCUT2D eigenvalue weighted by Crippen LogP contribution is -2.46. The van der Waals surface area contributed by atoms with E-state index in [0.717, 1.165) is 11.3 Å². The van der Waals surface area contributed by atoms with Crippen LogP contribution in [0.3, 0.4) is 0 Å². The molecular weight excluding hydrogens is 302 g/mol. The Balaban J connectivity index is 2.73. The Morgan fingerprint density at radius 2 is 1.84 bits per heavy atom. The van der Waals surface area contributed by atoms with Crippen molar-refractivity contribution in [2.45, 2.75) is 59.4 Å². The quantitative estimate of drug-likeness (QED) is 0.558. The Labute approximate surface area is 153 Å². The Morgan fingerprint density at radius 1 is 1.16 bits per heavy atom. The molecule has 1 aromatic carbocycles. The maximum Gasteiger partial charge on any atom is 0.0728 e. The summed E-state index contributed by atoms with van der Waals surface area (Å²) in [6.07, 6.45) is 10.3. The number of hydrogen-bond acceptors (Lipinski definition) is 1. The highest BCUT2D eigenvalue weighted by Crippen LogP contribution is 2.45. The summed E-state index contributed by atoms with van der Waals surface area (Å²) in [7, 11) is 0. The predicted octanol–water partition coefficient (Wildman–Crippen LogP) is 6.49. The molecule has 0 fully saturated rings. The fourth-order valence-corrected chi connectivity index (χ4v) is 3.47. The minimum Gasteiger partial charge on any atom is -0.277 e. The Kier molecular flexibility index (Phi) is 5.37. The Morgan fingerprint density at radius 3 is 2.44 bits per heavy atom. The van der Waals surface area contributed by atoms with Crippen LogP contribution < -0.4 is 0 Å². The zero-order chi connectivity index (χ0) is 18.8. The molecular formula is C24H31N. The third kappa shape index (κ3) is 3.46. The summed E-state index contributed by atoms with van der Waals surface area (Å²) in [6, 6.07) is 6.52. The molecule has 0 bridgehead atoms. The van der Waals surface area contributed by atoms with E-state index in [1.807, 2.05) is 19.1 Å². The van der Waals surface area contributed by atoms with Gasteiger partial charge in [-0.3, -0.25) is 4.99 Å². The number of allylic oxidation sites excluding steroid dienone is 7. The van der Waals surface area contributed by atoms with E-state index < -0.39 is 0 Å². The second-order valence-corrected chi connectivity index (χ2v) is 7.88. The van der Waals surface area contributed by atoms with Crippen LogP contribution in [0.1, 0.15) is 58.2 Å². The summed E-state index contributed by atoms with van der Waals surface area (Å²) in [6.45, 7) is 19.4. The van der Waals surface area contributed by atoms with Crippen molar-refractivity contribution < 1.29 is 0 Å². The molecule has 0 spiro atoms. The molecule has 0 saturated heterocycles. The second-order valence-electron chi connectivity index (χ2n) is 7.88. The second kappa shape index (κ2) is 7.00. The van der Waals surface area contributed by atoms with Crippen LogP contribution in [-0.4, -0.2) is 11.3 Å². The van der Waals surface area contributed by atoms with Crippen molar-refractivity contribution in [2.24, 2.45) is 4.99 Å². The highest BCUT2D eigenvalue weighted by Gasteiger charge is 2.44. The first-order valence-corrected chi connectivity index (χ1v) is 9.00. The molecule has 1 aliphatic heterocycles. The van der Waals surface area contributed by atoms with E-state index >= 15 is 0 Å². The molecule has 0 aromatic heterocycles. The monoisotopic (exact) mass is 333 g/mol. The van der Waals surface area contributed by atoms with E-state index in [0.29, 0.717) is 0 Å². The van der Waals surface area contributed by atoms with E-state index in [9.17, 15) is 0 Å². The molecule has 1 heteroatoms. The summed E-state index contributed by atoms with van der Waals surface area (Å²) in [4.78, 5) is 5.19. The number of nitrogens with zero attached hydrogens (tertiary/aromatic N) is 1. The van der Waals surface area contributed by atoms with Crippen molar-refractivity contribution in [3.63, 3.8) is 0 Å². The number of hydrogen-bond donors (Lipinski definition) is 0. The van der Waals surface area contributed by atoms with Gasteiger partial charge in [0, 0.05) is 11.0 Å². The molecule has 0 aliphatic carbocycles. The van der Waals surface area contributed by atoms with E-state index in [1.165, 1.54) is 22.3 Å². The van der Waals surface area contributed by atoms with Gasteiger partial charge in [0.25, 0.3) is 0 Å². The zero-order valence-corrected chi connectivity index (χ0v) is 16.8. The van der Waals surface area contributed by atoms with Crippen LogP contribution in [0.15, 0.2) is 71.3 Å². The van der Waals surface area contributed by atoms with E-state index in [-0.39, 0.29) is 11.0 Å². The third-order valence-corrected chi connectivity index (χ3v) is 5.50. The van der Waals surface area contributed by atoms with Crippen molar-refractivity contribution in [3.8, 4) is 0 Å². The van der Waals surface area contributed by atoms with E-state index in [1.54, 1.807) is 0 Å². The van der Waals surface area contributed by atoms with Crippen molar-refractivity contribution >= 4 is 5.71 Å². The van der Waals surface area contributed by atoms with Crippen LogP contribution in [0.2, 0.25) is 0 Å². The molecule has 0 unspecified atom stereocenters. The summed E-state index contributed by atoms with van der Waals surface area (Å²) in [5.41, 5.74) is 7.05. The van der Waals surface area contributed by atoms with Crippen LogP contribution in [0.25, 0.3) is 0 Å². The molecule has 0 atom stereocenters. The van der Waals surface area contributed by atoms with Crippen LogP contribution in [0, 0.1) is 6.92 Å².